The fraction of sp³-hybridized carbons (Fsp3) is 0.684. The lowest BCUT2D eigenvalue weighted by Crippen LogP contribution is -2.53. The summed E-state index contributed by atoms with van der Waals surface area (Å²) in [5.74, 6) is 1.01. The van der Waals surface area contributed by atoms with E-state index in [0.29, 0.717) is 24.0 Å². The zero-order chi connectivity index (χ0) is 17.8. The minimum Gasteiger partial charge on any atom is -0.465 e. The number of ether oxygens (including phenoxy) is 2. The Hall–Kier alpha value is -1.66. The second-order valence-corrected chi connectivity index (χ2v) is 7.33. The van der Waals surface area contributed by atoms with Crippen molar-refractivity contribution in [1.82, 2.24) is 4.98 Å². The standard InChI is InChI=1S/C19H29N3O3/c1-13-5-3-6-14(11-13)25-17-12-22(10-8-16(17)20)18-15(19(23)24-2)7-4-9-21-18/h4,7,9,13-14,16-17H,3,5-6,8,10-12,20H2,1-2H3. The van der Waals surface area contributed by atoms with E-state index in [4.69, 9.17) is 15.2 Å². The Morgan fingerprint density at radius 1 is 1.36 bits per heavy atom. The summed E-state index contributed by atoms with van der Waals surface area (Å²) in [5.41, 5.74) is 6.82. The van der Waals surface area contributed by atoms with Gasteiger partial charge in [0, 0.05) is 25.3 Å². The molecule has 2 fully saturated rings. The van der Waals surface area contributed by atoms with Gasteiger partial charge in [-0.2, -0.15) is 0 Å². The van der Waals surface area contributed by atoms with Crippen LogP contribution in [0.2, 0.25) is 0 Å². The first-order valence-electron chi connectivity index (χ1n) is 9.27. The van der Waals surface area contributed by atoms with Crippen LogP contribution >= 0.6 is 0 Å². The topological polar surface area (TPSA) is 77.7 Å². The fourth-order valence-corrected chi connectivity index (χ4v) is 3.94. The number of methoxy groups -OCH3 is 1. The lowest BCUT2D eigenvalue weighted by molar-refractivity contribution is -0.0510. The summed E-state index contributed by atoms with van der Waals surface area (Å²) in [5, 5.41) is 0. The van der Waals surface area contributed by atoms with Gasteiger partial charge < -0.3 is 20.1 Å². The number of pyridine rings is 1. The molecule has 1 saturated heterocycles. The highest BCUT2D eigenvalue weighted by Gasteiger charge is 2.33. The summed E-state index contributed by atoms with van der Waals surface area (Å²) < 4.78 is 11.3. The molecule has 25 heavy (non-hydrogen) atoms. The highest BCUT2D eigenvalue weighted by Crippen LogP contribution is 2.29. The minimum absolute atomic E-state index is 0.0266. The number of esters is 1. The molecule has 6 heteroatoms. The lowest BCUT2D eigenvalue weighted by atomic mass is 9.88. The monoisotopic (exact) mass is 347 g/mol. The third-order valence-electron chi connectivity index (χ3n) is 5.36. The van der Waals surface area contributed by atoms with Crippen molar-refractivity contribution in [2.24, 2.45) is 11.7 Å². The molecule has 3 rings (SSSR count). The third kappa shape index (κ3) is 4.30. The second kappa shape index (κ2) is 8.15. The molecule has 2 N–H and O–H groups in total. The Morgan fingerprint density at radius 3 is 2.96 bits per heavy atom. The van der Waals surface area contributed by atoms with Crippen LogP contribution in [0.15, 0.2) is 18.3 Å². The summed E-state index contributed by atoms with van der Waals surface area (Å²) >= 11 is 0. The minimum atomic E-state index is -0.364. The molecule has 1 aromatic heterocycles. The molecule has 0 amide bonds. The van der Waals surface area contributed by atoms with Crippen molar-refractivity contribution < 1.29 is 14.3 Å². The Kier molecular flexibility index (Phi) is 5.91. The van der Waals surface area contributed by atoms with Crippen molar-refractivity contribution in [3.63, 3.8) is 0 Å². The Balaban J connectivity index is 1.71. The molecule has 1 saturated carbocycles. The number of nitrogens with zero attached hydrogens (tertiary/aromatic N) is 2. The van der Waals surface area contributed by atoms with Crippen molar-refractivity contribution in [2.75, 3.05) is 25.1 Å². The molecule has 1 aliphatic heterocycles. The van der Waals surface area contributed by atoms with Crippen LogP contribution in [0.25, 0.3) is 0 Å². The molecule has 2 heterocycles. The van der Waals surface area contributed by atoms with Crippen LogP contribution in [0.4, 0.5) is 5.82 Å². The van der Waals surface area contributed by atoms with E-state index in [9.17, 15) is 4.79 Å². The third-order valence-corrected chi connectivity index (χ3v) is 5.36. The van der Waals surface area contributed by atoms with Crippen LogP contribution in [-0.4, -0.2) is 49.4 Å². The summed E-state index contributed by atoms with van der Waals surface area (Å²) in [4.78, 5) is 18.6. The van der Waals surface area contributed by atoms with E-state index < -0.39 is 0 Å². The molecular weight excluding hydrogens is 318 g/mol. The maximum absolute atomic E-state index is 12.0. The number of hydrogen-bond donors (Lipinski definition) is 1. The lowest BCUT2D eigenvalue weighted by Gasteiger charge is -2.40. The van der Waals surface area contributed by atoms with Crippen molar-refractivity contribution >= 4 is 11.8 Å². The maximum Gasteiger partial charge on any atom is 0.341 e. The van der Waals surface area contributed by atoms with Gasteiger partial charge in [0.15, 0.2) is 0 Å². The number of anilines is 1. The molecule has 4 atom stereocenters. The van der Waals surface area contributed by atoms with Crippen LogP contribution in [-0.2, 0) is 9.47 Å². The Labute approximate surface area is 149 Å². The Bertz CT molecular complexity index is 595. The van der Waals surface area contributed by atoms with Crippen LogP contribution in [0.1, 0.15) is 49.4 Å². The van der Waals surface area contributed by atoms with Crippen molar-refractivity contribution in [3.05, 3.63) is 23.9 Å². The smallest absolute Gasteiger partial charge is 0.341 e. The predicted octanol–water partition coefficient (Wildman–Crippen LogP) is 2.37. The summed E-state index contributed by atoms with van der Waals surface area (Å²) in [7, 11) is 1.39. The number of piperidine rings is 1. The number of aromatic nitrogens is 1. The van der Waals surface area contributed by atoms with Crippen LogP contribution < -0.4 is 10.6 Å². The van der Waals surface area contributed by atoms with E-state index in [1.807, 2.05) is 0 Å². The molecule has 1 aliphatic carbocycles. The highest BCUT2D eigenvalue weighted by molar-refractivity contribution is 5.94. The molecular formula is C19H29N3O3. The summed E-state index contributed by atoms with van der Waals surface area (Å²) in [6.45, 7) is 3.72. The van der Waals surface area contributed by atoms with Crippen molar-refractivity contribution in [1.29, 1.82) is 0 Å². The van der Waals surface area contributed by atoms with Gasteiger partial charge in [-0.1, -0.05) is 19.8 Å². The molecule has 6 nitrogen and oxygen atoms in total. The summed E-state index contributed by atoms with van der Waals surface area (Å²) in [6, 6.07) is 3.53. The molecule has 4 unspecified atom stereocenters. The number of carbonyl (C=O) groups excluding carboxylic acids is 1. The van der Waals surface area contributed by atoms with Crippen molar-refractivity contribution in [2.45, 2.75) is 57.3 Å². The normalized spacial score (nSPS) is 30.1. The fourth-order valence-electron chi connectivity index (χ4n) is 3.94. The predicted molar refractivity (Wildman–Crippen MR) is 96.7 cm³/mol. The van der Waals surface area contributed by atoms with E-state index in [-0.39, 0.29) is 18.1 Å². The first-order chi connectivity index (χ1) is 12.1. The average Bonchev–Trinajstić information content (AvgIpc) is 2.63. The quantitative estimate of drug-likeness (QED) is 0.843. The van der Waals surface area contributed by atoms with Crippen LogP contribution in [0.3, 0.4) is 0 Å². The molecule has 1 aromatic rings. The van der Waals surface area contributed by atoms with Crippen LogP contribution in [0.5, 0.6) is 0 Å². The summed E-state index contributed by atoms with van der Waals surface area (Å²) in [6.07, 6.45) is 7.54. The second-order valence-electron chi connectivity index (χ2n) is 7.33. The van der Waals surface area contributed by atoms with Gasteiger partial charge in [-0.3, -0.25) is 0 Å². The van der Waals surface area contributed by atoms with Gasteiger partial charge in [0.2, 0.25) is 0 Å². The van der Waals surface area contributed by atoms with E-state index in [1.165, 1.54) is 20.0 Å². The Morgan fingerprint density at radius 2 is 2.20 bits per heavy atom. The van der Waals surface area contributed by atoms with Gasteiger partial charge in [0.05, 0.1) is 19.3 Å². The largest absolute Gasteiger partial charge is 0.465 e. The SMILES string of the molecule is COC(=O)c1cccnc1N1CCC(N)C(OC2CCCC(C)C2)C1. The van der Waals surface area contributed by atoms with E-state index in [2.05, 4.69) is 16.8 Å². The number of carbonyl (C=O) groups is 1. The molecule has 0 spiro atoms. The molecule has 2 aliphatic rings. The van der Waals surface area contributed by atoms with Crippen molar-refractivity contribution in [3.8, 4) is 0 Å². The van der Waals surface area contributed by atoms with E-state index >= 15 is 0 Å². The first kappa shape index (κ1) is 18.1. The molecule has 0 aromatic carbocycles. The number of nitrogens with two attached hydrogens (primary N) is 1. The molecule has 138 valence electrons. The molecule has 0 radical (unpaired) electrons. The number of rotatable bonds is 4. The zero-order valence-corrected chi connectivity index (χ0v) is 15.2. The first-order valence-corrected chi connectivity index (χ1v) is 9.27. The zero-order valence-electron chi connectivity index (χ0n) is 15.2. The van der Waals surface area contributed by atoms with Gasteiger partial charge in [-0.15, -0.1) is 0 Å². The van der Waals surface area contributed by atoms with E-state index in [1.54, 1.807) is 18.3 Å². The highest BCUT2D eigenvalue weighted by atomic mass is 16.5. The molecule has 0 bridgehead atoms. The van der Waals surface area contributed by atoms with Gasteiger partial charge >= 0.3 is 5.97 Å². The van der Waals surface area contributed by atoms with Crippen LogP contribution in [0, 0.1) is 5.92 Å². The average molecular weight is 347 g/mol. The van der Waals surface area contributed by atoms with Gasteiger partial charge in [0.25, 0.3) is 0 Å². The van der Waals surface area contributed by atoms with Gasteiger partial charge in [-0.05, 0) is 37.3 Å². The van der Waals surface area contributed by atoms with Gasteiger partial charge in [-0.25, -0.2) is 9.78 Å². The van der Waals surface area contributed by atoms with Gasteiger partial charge in [0.1, 0.15) is 11.4 Å². The number of hydrogen-bond acceptors (Lipinski definition) is 6. The maximum atomic E-state index is 12.0. The van der Waals surface area contributed by atoms with E-state index in [0.717, 1.165) is 31.7 Å².